The first-order valence-corrected chi connectivity index (χ1v) is 8.85. The van der Waals surface area contributed by atoms with Gasteiger partial charge in [0.05, 0.1) is 0 Å². The molecule has 0 aromatic heterocycles. The lowest BCUT2D eigenvalue weighted by atomic mass is 9.86. The molecule has 4 unspecified atom stereocenters. The molecular formula is C32H92. The Labute approximate surface area is 219 Å². The lowest BCUT2D eigenvalue weighted by Gasteiger charge is -2.20. The summed E-state index contributed by atoms with van der Waals surface area (Å²) in [6.07, 6.45) is 9.90. The van der Waals surface area contributed by atoms with Crippen molar-refractivity contribution in [2.24, 2.45) is 29.6 Å². The molecule has 0 aliphatic heterocycles. The van der Waals surface area contributed by atoms with Crippen molar-refractivity contribution in [3.8, 4) is 0 Å². The summed E-state index contributed by atoms with van der Waals surface area (Å²) >= 11 is 0. The third kappa shape index (κ3) is 63.1. The normalized spacial score (nSPS) is 10.9. The van der Waals surface area contributed by atoms with Gasteiger partial charge in [-0.05, 0) is 42.4 Å². The number of hydrogen-bond donors (Lipinski definition) is 0. The van der Waals surface area contributed by atoms with Crippen LogP contribution in [0.1, 0.15) is 190 Å². The SMILES string of the molecule is C.C.C.C.C.C.C.C.C.C.C.C.C.CCC(C)CC(C)CCC(C)CCC(C)CC(C)C. The van der Waals surface area contributed by atoms with E-state index in [1.54, 1.807) is 0 Å². The van der Waals surface area contributed by atoms with Crippen LogP contribution in [0.2, 0.25) is 0 Å². The average molecular weight is 477 g/mol. The Morgan fingerprint density at radius 1 is 0.344 bits per heavy atom. The van der Waals surface area contributed by atoms with Crippen LogP contribution < -0.4 is 0 Å². The molecule has 0 heteroatoms. The molecule has 0 rings (SSSR count). The van der Waals surface area contributed by atoms with Crippen LogP contribution in [0.3, 0.4) is 0 Å². The topological polar surface area (TPSA) is 0 Å². The quantitative estimate of drug-likeness (QED) is 0.278. The van der Waals surface area contributed by atoms with Gasteiger partial charge < -0.3 is 0 Å². The summed E-state index contributed by atoms with van der Waals surface area (Å²) in [5, 5.41) is 0. The lowest BCUT2D eigenvalue weighted by molar-refractivity contribution is 0.325. The van der Waals surface area contributed by atoms with Crippen LogP contribution >= 0.6 is 0 Å². The molecule has 0 heterocycles. The standard InChI is InChI=1S/C19H40.13CH4/c1-8-16(4)14-19(7)12-10-17(5)9-11-18(6)13-15(2)3;;;;;;;;;;;;;/h15-19H,8-14H2,1-7H3;13*1H4. The van der Waals surface area contributed by atoms with Gasteiger partial charge >= 0.3 is 0 Å². The highest BCUT2D eigenvalue weighted by Crippen LogP contribution is 2.25. The summed E-state index contributed by atoms with van der Waals surface area (Å²) in [4.78, 5) is 0. The predicted molar refractivity (Wildman–Crippen MR) is 177 cm³/mol. The molecule has 0 bridgehead atoms. The second-order valence-corrected chi connectivity index (χ2v) is 7.85. The van der Waals surface area contributed by atoms with E-state index in [2.05, 4.69) is 48.5 Å². The van der Waals surface area contributed by atoms with Gasteiger partial charge in [-0.1, -0.05) is 177 Å². The Kier molecular flexibility index (Phi) is 171. The van der Waals surface area contributed by atoms with Gasteiger partial charge in [0.1, 0.15) is 0 Å². The summed E-state index contributed by atoms with van der Waals surface area (Å²) in [6.45, 7) is 16.7. The molecule has 4 atom stereocenters. The maximum Gasteiger partial charge on any atom is -0.0440 e. The summed E-state index contributed by atoms with van der Waals surface area (Å²) in [7, 11) is 0. The van der Waals surface area contributed by atoms with E-state index in [0.29, 0.717) is 0 Å². The Morgan fingerprint density at radius 2 is 0.594 bits per heavy atom. The second kappa shape index (κ2) is 57.6. The van der Waals surface area contributed by atoms with Crippen molar-refractivity contribution in [2.45, 2.75) is 190 Å². The molecule has 0 aromatic rings. The first-order chi connectivity index (χ1) is 8.85. The molecule has 0 aliphatic rings. The smallest absolute Gasteiger partial charge is 0.0440 e. The third-order valence-electron chi connectivity index (χ3n) is 4.68. The van der Waals surface area contributed by atoms with Crippen LogP contribution in [-0.4, -0.2) is 0 Å². The lowest BCUT2D eigenvalue weighted by Crippen LogP contribution is -2.07. The summed E-state index contributed by atoms with van der Waals surface area (Å²) < 4.78 is 0. The van der Waals surface area contributed by atoms with Crippen molar-refractivity contribution in [1.82, 2.24) is 0 Å². The molecular weight excluding hydrogens is 384 g/mol. The maximum atomic E-state index is 2.46. The molecule has 0 fully saturated rings. The van der Waals surface area contributed by atoms with Crippen LogP contribution in [-0.2, 0) is 0 Å². The van der Waals surface area contributed by atoms with Gasteiger partial charge in [0.25, 0.3) is 0 Å². The zero-order chi connectivity index (χ0) is 14.8. The fourth-order valence-corrected chi connectivity index (χ4v) is 3.18. The zero-order valence-electron chi connectivity index (χ0n) is 14.8. The largest absolute Gasteiger partial charge is 0.0776 e. The Hall–Kier alpha value is 0. The van der Waals surface area contributed by atoms with Gasteiger partial charge in [0.15, 0.2) is 0 Å². The van der Waals surface area contributed by atoms with Crippen LogP contribution in [0.4, 0.5) is 0 Å². The van der Waals surface area contributed by atoms with E-state index in [1.807, 2.05) is 0 Å². The van der Waals surface area contributed by atoms with Gasteiger partial charge in [-0.25, -0.2) is 0 Å². The monoisotopic (exact) mass is 477 g/mol. The predicted octanol–water partition coefficient (Wildman–Crippen LogP) is 15.2. The first kappa shape index (κ1) is 94.9. The number of rotatable bonds is 11. The molecule has 0 aliphatic carbocycles. The molecule has 220 valence electrons. The van der Waals surface area contributed by atoms with E-state index < -0.39 is 0 Å². The molecule has 0 nitrogen and oxygen atoms in total. The Balaban J connectivity index is -0.0000000208. The van der Waals surface area contributed by atoms with E-state index in [4.69, 9.17) is 0 Å². The minimum absolute atomic E-state index is 0. The van der Waals surface area contributed by atoms with Crippen LogP contribution in [0, 0.1) is 29.6 Å². The van der Waals surface area contributed by atoms with E-state index in [-0.39, 0.29) is 96.5 Å². The zero-order valence-corrected chi connectivity index (χ0v) is 14.8. The molecule has 0 radical (unpaired) electrons. The minimum atomic E-state index is 0. The van der Waals surface area contributed by atoms with E-state index in [9.17, 15) is 0 Å². The maximum absolute atomic E-state index is 2.46. The van der Waals surface area contributed by atoms with Crippen molar-refractivity contribution in [1.29, 1.82) is 0 Å². The molecule has 0 saturated carbocycles. The van der Waals surface area contributed by atoms with Crippen LogP contribution in [0.5, 0.6) is 0 Å². The third-order valence-corrected chi connectivity index (χ3v) is 4.68. The Morgan fingerprint density at radius 3 is 0.844 bits per heavy atom. The molecule has 0 saturated heterocycles. The van der Waals surface area contributed by atoms with Crippen LogP contribution in [0.25, 0.3) is 0 Å². The van der Waals surface area contributed by atoms with E-state index >= 15 is 0 Å². The van der Waals surface area contributed by atoms with Gasteiger partial charge in [0, 0.05) is 0 Å². The highest BCUT2D eigenvalue weighted by atomic mass is 14.2. The average Bonchev–Trinajstić information content (AvgIpc) is 2.32. The highest BCUT2D eigenvalue weighted by molar-refractivity contribution is 4.64. The minimum Gasteiger partial charge on any atom is -0.0776 e. The van der Waals surface area contributed by atoms with Crippen LogP contribution in [0.15, 0.2) is 0 Å². The molecule has 0 aromatic carbocycles. The summed E-state index contributed by atoms with van der Waals surface area (Å²) in [6, 6.07) is 0. The fourth-order valence-electron chi connectivity index (χ4n) is 3.18. The van der Waals surface area contributed by atoms with Gasteiger partial charge in [-0.15, -0.1) is 0 Å². The fraction of sp³-hybridized carbons (Fsp3) is 1.00. The molecule has 0 amide bonds. The van der Waals surface area contributed by atoms with Crippen molar-refractivity contribution >= 4 is 0 Å². The molecule has 32 heavy (non-hydrogen) atoms. The molecule has 0 N–H and O–H groups in total. The van der Waals surface area contributed by atoms with E-state index in [0.717, 1.165) is 29.6 Å². The Bertz CT molecular complexity index is 194. The number of hydrogen-bond acceptors (Lipinski definition) is 0. The highest BCUT2D eigenvalue weighted by Gasteiger charge is 2.11. The van der Waals surface area contributed by atoms with Crippen molar-refractivity contribution in [3.63, 3.8) is 0 Å². The molecule has 0 spiro atoms. The summed E-state index contributed by atoms with van der Waals surface area (Å²) in [5.74, 6) is 4.54. The second-order valence-electron chi connectivity index (χ2n) is 7.85. The van der Waals surface area contributed by atoms with Gasteiger partial charge in [0.2, 0.25) is 0 Å². The van der Waals surface area contributed by atoms with Gasteiger partial charge in [-0.2, -0.15) is 0 Å². The van der Waals surface area contributed by atoms with Gasteiger partial charge in [-0.3, -0.25) is 0 Å². The van der Waals surface area contributed by atoms with Crippen molar-refractivity contribution in [2.75, 3.05) is 0 Å². The van der Waals surface area contributed by atoms with E-state index in [1.165, 1.54) is 44.9 Å². The first-order valence-electron chi connectivity index (χ1n) is 8.85. The van der Waals surface area contributed by atoms with Crippen molar-refractivity contribution in [3.05, 3.63) is 0 Å². The summed E-state index contributed by atoms with van der Waals surface area (Å²) in [5.41, 5.74) is 0. The van der Waals surface area contributed by atoms with Crippen molar-refractivity contribution < 1.29 is 0 Å².